The zero-order valence-corrected chi connectivity index (χ0v) is 17.9. The molecule has 0 bridgehead atoms. The van der Waals surface area contributed by atoms with E-state index in [1.807, 2.05) is 26.8 Å². The fourth-order valence-corrected chi connectivity index (χ4v) is 2.70. The molecule has 3 N–H and O–H groups in total. The van der Waals surface area contributed by atoms with E-state index in [9.17, 15) is 9.59 Å². The smallest absolute Gasteiger partial charge is 0.258 e. The number of carbonyl (C=O) groups excluding carboxylic acids is 1. The number of rotatable bonds is 7. The number of anilines is 2. The molecule has 162 valence electrons. The molecule has 9 nitrogen and oxygen atoms in total. The molecular weight excluding hydrogens is 398 g/mol. The van der Waals surface area contributed by atoms with Crippen LogP contribution in [-0.2, 0) is 4.79 Å². The molecule has 0 fully saturated rings. The van der Waals surface area contributed by atoms with Crippen LogP contribution in [0.25, 0.3) is 11.4 Å². The zero-order valence-electron chi connectivity index (χ0n) is 17.9. The Bertz CT molecular complexity index is 1100. The molecule has 0 aliphatic rings. The zero-order chi connectivity index (χ0) is 22.4. The van der Waals surface area contributed by atoms with Crippen molar-refractivity contribution in [2.24, 2.45) is 0 Å². The average Bonchev–Trinajstić information content (AvgIpc) is 2.73. The number of benzene rings is 1. The van der Waals surface area contributed by atoms with E-state index in [1.165, 1.54) is 13.2 Å². The highest BCUT2D eigenvalue weighted by atomic mass is 16.5. The van der Waals surface area contributed by atoms with Crippen molar-refractivity contribution >= 4 is 17.4 Å². The van der Waals surface area contributed by atoms with Gasteiger partial charge in [-0.05, 0) is 39.0 Å². The van der Waals surface area contributed by atoms with Gasteiger partial charge in [0.05, 0.1) is 19.0 Å². The first kappa shape index (κ1) is 21.8. The molecule has 3 aromatic rings. The van der Waals surface area contributed by atoms with Gasteiger partial charge in [0.15, 0.2) is 24.0 Å². The Kier molecular flexibility index (Phi) is 6.54. The van der Waals surface area contributed by atoms with Crippen molar-refractivity contribution in [3.05, 3.63) is 59.1 Å². The van der Waals surface area contributed by atoms with Crippen LogP contribution in [0.1, 0.15) is 20.8 Å². The molecule has 2 aromatic heterocycles. The van der Waals surface area contributed by atoms with Gasteiger partial charge in [0, 0.05) is 23.4 Å². The third kappa shape index (κ3) is 6.30. The number of hydrogen-bond donors (Lipinski definition) is 3. The molecular formula is C22H25N5O4. The minimum absolute atomic E-state index is 0.0940. The summed E-state index contributed by atoms with van der Waals surface area (Å²) in [6.45, 7) is 5.63. The van der Waals surface area contributed by atoms with Crippen molar-refractivity contribution < 1.29 is 14.3 Å². The molecule has 2 heterocycles. The minimum Gasteiger partial charge on any atom is -0.491 e. The lowest BCUT2D eigenvalue weighted by atomic mass is 10.1. The van der Waals surface area contributed by atoms with E-state index in [1.54, 1.807) is 36.7 Å². The molecule has 0 radical (unpaired) electrons. The number of amides is 1. The van der Waals surface area contributed by atoms with Gasteiger partial charge in [-0.15, -0.1) is 0 Å². The Morgan fingerprint density at radius 1 is 1.19 bits per heavy atom. The molecule has 0 saturated carbocycles. The summed E-state index contributed by atoms with van der Waals surface area (Å²) >= 11 is 0. The minimum atomic E-state index is -0.325. The molecule has 9 heteroatoms. The number of methoxy groups -OCH3 is 1. The van der Waals surface area contributed by atoms with Crippen LogP contribution in [0.5, 0.6) is 11.5 Å². The summed E-state index contributed by atoms with van der Waals surface area (Å²) in [5.74, 6) is 1.65. The number of nitrogens with one attached hydrogen (secondary N) is 3. The van der Waals surface area contributed by atoms with Crippen molar-refractivity contribution in [3.8, 4) is 22.9 Å². The van der Waals surface area contributed by atoms with Gasteiger partial charge in [-0.3, -0.25) is 9.59 Å². The summed E-state index contributed by atoms with van der Waals surface area (Å²) < 4.78 is 10.9. The summed E-state index contributed by atoms with van der Waals surface area (Å²) in [6.07, 6.45) is 3.10. The van der Waals surface area contributed by atoms with Gasteiger partial charge < -0.3 is 25.1 Å². The molecule has 1 amide bonds. The summed E-state index contributed by atoms with van der Waals surface area (Å²) in [6, 6.07) is 10.2. The number of nitrogens with zero attached hydrogens (tertiary/aromatic N) is 2. The standard InChI is InChI=1S/C22H25N5O4/c1-22(2,3)27-19(29)13-31-16-7-5-6-14(10-16)20-24-12-17(30-4)21(26-20)25-15-8-9-18(28)23-11-15/h5-12H,13H2,1-4H3,(H,23,28)(H,27,29)(H,24,25,26). The number of H-pyrrole nitrogens is 1. The number of hydrogen-bond acceptors (Lipinski definition) is 7. The Hall–Kier alpha value is -3.88. The Labute approximate surface area is 179 Å². The second-order valence-corrected chi connectivity index (χ2v) is 7.79. The van der Waals surface area contributed by atoms with Crippen LogP contribution >= 0.6 is 0 Å². The van der Waals surface area contributed by atoms with Crippen LogP contribution in [0, 0.1) is 0 Å². The van der Waals surface area contributed by atoms with Gasteiger partial charge >= 0.3 is 0 Å². The lowest BCUT2D eigenvalue weighted by molar-refractivity contribution is -0.124. The molecule has 31 heavy (non-hydrogen) atoms. The summed E-state index contributed by atoms with van der Waals surface area (Å²) in [5, 5.41) is 5.96. The first-order chi connectivity index (χ1) is 14.7. The van der Waals surface area contributed by atoms with Gasteiger partial charge in [-0.2, -0.15) is 0 Å². The van der Waals surface area contributed by atoms with E-state index in [4.69, 9.17) is 9.47 Å². The van der Waals surface area contributed by atoms with Crippen molar-refractivity contribution in [2.45, 2.75) is 26.3 Å². The highest BCUT2D eigenvalue weighted by molar-refractivity contribution is 5.78. The van der Waals surface area contributed by atoms with Crippen LogP contribution in [0.4, 0.5) is 11.5 Å². The quantitative estimate of drug-likeness (QED) is 0.535. The molecule has 0 aliphatic carbocycles. The van der Waals surface area contributed by atoms with Crippen molar-refractivity contribution in [3.63, 3.8) is 0 Å². The van der Waals surface area contributed by atoms with E-state index in [2.05, 4.69) is 25.6 Å². The molecule has 0 saturated heterocycles. The second kappa shape index (κ2) is 9.29. The van der Waals surface area contributed by atoms with Crippen LogP contribution < -0.4 is 25.7 Å². The van der Waals surface area contributed by atoms with E-state index >= 15 is 0 Å². The molecule has 1 aromatic carbocycles. The summed E-state index contributed by atoms with van der Waals surface area (Å²) in [5.41, 5.74) is 0.827. The molecule has 0 atom stereocenters. The third-order valence-electron chi connectivity index (χ3n) is 4.00. The Balaban J connectivity index is 1.79. The first-order valence-electron chi connectivity index (χ1n) is 9.64. The van der Waals surface area contributed by atoms with Gasteiger partial charge in [0.1, 0.15) is 5.75 Å². The van der Waals surface area contributed by atoms with Gasteiger partial charge in [0.2, 0.25) is 5.56 Å². The predicted molar refractivity (Wildman–Crippen MR) is 118 cm³/mol. The fourth-order valence-electron chi connectivity index (χ4n) is 2.70. The topological polar surface area (TPSA) is 118 Å². The summed E-state index contributed by atoms with van der Waals surface area (Å²) in [7, 11) is 1.52. The first-order valence-corrected chi connectivity index (χ1v) is 9.64. The highest BCUT2D eigenvalue weighted by Crippen LogP contribution is 2.28. The normalized spacial score (nSPS) is 11.0. The third-order valence-corrected chi connectivity index (χ3v) is 4.00. The maximum atomic E-state index is 12.0. The number of aromatic nitrogens is 3. The van der Waals surface area contributed by atoms with Crippen molar-refractivity contribution in [2.75, 3.05) is 19.0 Å². The van der Waals surface area contributed by atoms with Gasteiger partial charge in [0.25, 0.3) is 5.91 Å². The van der Waals surface area contributed by atoms with Crippen LogP contribution in [0.3, 0.4) is 0 Å². The molecule has 3 rings (SSSR count). The largest absolute Gasteiger partial charge is 0.491 e. The van der Waals surface area contributed by atoms with Crippen LogP contribution in [0.15, 0.2) is 53.6 Å². The van der Waals surface area contributed by atoms with Crippen molar-refractivity contribution in [1.82, 2.24) is 20.3 Å². The highest BCUT2D eigenvalue weighted by Gasteiger charge is 2.15. The monoisotopic (exact) mass is 423 g/mol. The fraction of sp³-hybridized carbons (Fsp3) is 0.273. The van der Waals surface area contributed by atoms with E-state index in [0.29, 0.717) is 34.4 Å². The predicted octanol–water partition coefficient (Wildman–Crippen LogP) is 2.88. The molecule has 0 aliphatic heterocycles. The van der Waals surface area contributed by atoms with Crippen LogP contribution in [0.2, 0.25) is 0 Å². The Morgan fingerprint density at radius 2 is 2.00 bits per heavy atom. The van der Waals surface area contributed by atoms with E-state index in [0.717, 1.165) is 0 Å². The van der Waals surface area contributed by atoms with Gasteiger partial charge in [-0.25, -0.2) is 9.97 Å². The number of carbonyl (C=O) groups is 1. The maximum absolute atomic E-state index is 12.0. The van der Waals surface area contributed by atoms with Crippen LogP contribution in [-0.4, -0.2) is 40.1 Å². The second-order valence-electron chi connectivity index (χ2n) is 7.79. The SMILES string of the molecule is COc1cnc(-c2cccc(OCC(=O)NC(C)(C)C)c2)nc1Nc1ccc(=O)[nH]c1. The lowest BCUT2D eigenvalue weighted by Gasteiger charge is -2.20. The Morgan fingerprint density at radius 3 is 2.68 bits per heavy atom. The van der Waals surface area contributed by atoms with E-state index < -0.39 is 0 Å². The maximum Gasteiger partial charge on any atom is 0.258 e. The van der Waals surface area contributed by atoms with Gasteiger partial charge in [-0.1, -0.05) is 12.1 Å². The number of aromatic amines is 1. The summed E-state index contributed by atoms with van der Waals surface area (Å²) in [4.78, 5) is 34.7. The average molecular weight is 423 g/mol. The molecule has 0 unspecified atom stereocenters. The van der Waals surface area contributed by atoms with Crippen molar-refractivity contribution in [1.29, 1.82) is 0 Å². The number of pyridine rings is 1. The lowest BCUT2D eigenvalue weighted by Crippen LogP contribution is -2.43. The number of ether oxygens (including phenoxy) is 2. The van der Waals surface area contributed by atoms with E-state index in [-0.39, 0.29) is 23.6 Å². The molecule has 0 spiro atoms.